The van der Waals surface area contributed by atoms with Crippen LogP contribution in [0.1, 0.15) is 19.3 Å². The zero-order chi connectivity index (χ0) is 21.8. The third-order valence-corrected chi connectivity index (χ3v) is 7.26. The lowest BCUT2D eigenvalue weighted by Crippen LogP contribution is -2.47. The Morgan fingerprint density at radius 2 is 1.80 bits per heavy atom. The maximum atomic E-state index is 13.1. The topological polar surface area (TPSA) is 98.9 Å². The van der Waals surface area contributed by atoms with Gasteiger partial charge in [-0.05, 0) is 49.2 Å². The summed E-state index contributed by atoms with van der Waals surface area (Å²) in [4.78, 5) is 11.8. The van der Waals surface area contributed by atoms with E-state index in [9.17, 15) is 17.6 Å². The molecule has 162 valence electrons. The molecule has 1 aliphatic rings. The lowest BCUT2D eigenvalue weighted by Gasteiger charge is -2.40. The van der Waals surface area contributed by atoms with Crippen molar-refractivity contribution < 1.29 is 27.1 Å². The Labute approximate surface area is 175 Å². The standard InChI is InChI=1S/C21H25FN2O5S/c1-28-18-3-2-4-19(13-18)30(26,27)24-11-9-21(10-12-24,14-20(23)25)15-29-17-7-5-16(22)6-8-17/h2-8,13H,9-12,14-15H2,1H3,(H2,23,25). The van der Waals surface area contributed by atoms with E-state index in [0.29, 0.717) is 24.3 Å². The van der Waals surface area contributed by atoms with Crippen molar-refractivity contribution in [2.24, 2.45) is 11.1 Å². The van der Waals surface area contributed by atoms with Gasteiger partial charge in [0.15, 0.2) is 0 Å². The first-order valence-electron chi connectivity index (χ1n) is 9.55. The van der Waals surface area contributed by atoms with Crippen molar-refractivity contribution >= 4 is 15.9 Å². The third-order valence-electron chi connectivity index (χ3n) is 5.37. The molecule has 2 aromatic rings. The van der Waals surface area contributed by atoms with E-state index in [1.807, 2.05) is 0 Å². The molecule has 3 rings (SSSR count). The maximum Gasteiger partial charge on any atom is 0.243 e. The molecule has 9 heteroatoms. The summed E-state index contributed by atoms with van der Waals surface area (Å²) in [7, 11) is -2.21. The van der Waals surface area contributed by atoms with Gasteiger partial charge in [0.25, 0.3) is 0 Å². The van der Waals surface area contributed by atoms with Crippen LogP contribution in [0, 0.1) is 11.2 Å². The van der Waals surface area contributed by atoms with Gasteiger partial charge < -0.3 is 15.2 Å². The molecular weight excluding hydrogens is 411 g/mol. The quantitative estimate of drug-likeness (QED) is 0.686. The second-order valence-electron chi connectivity index (χ2n) is 7.47. The lowest BCUT2D eigenvalue weighted by molar-refractivity contribution is -0.121. The minimum Gasteiger partial charge on any atom is -0.497 e. The summed E-state index contributed by atoms with van der Waals surface area (Å²) < 4.78 is 51.4. The second-order valence-corrected chi connectivity index (χ2v) is 9.41. The molecular formula is C21H25FN2O5S. The highest BCUT2D eigenvalue weighted by Gasteiger charge is 2.40. The minimum absolute atomic E-state index is 0.0846. The zero-order valence-corrected chi connectivity index (χ0v) is 17.5. The molecule has 1 saturated heterocycles. The molecule has 1 fully saturated rings. The molecule has 0 bridgehead atoms. The van der Waals surface area contributed by atoms with Crippen LogP contribution in [-0.2, 0) is 14.8 Å². The predicted molar refractivity (Wildman–Crippen MR) is 109 cm³/mol. The highest BCUT2D eigenvalue weighted by atomic mass is 32.2. The minimum atomic E-state index is -3.69. The van der Waals surface area contributed by atoms with Crippen LogP contribution in [0.15, 0.2) is 53.4 Å². The van der Waals surface area contributed by atoms with Gasteiger partial charge in [0.05, 0.1) is 18.6 Å². The Bertz CT molecular complexity index is 987. The highest BCUT2D eigenvalue weighted by Crippen LogP contribution is 2.37. The van der Waals surface area contributed by atoms with Crippen LogP contribution in [0.2, 0.25) is 0 Å². The molecule has 0 saturated carbocycles. The average Bonchev–Trinajstić information content (AvgIpc) is 2.73. The Hall–Kier alpha value is -2.65. The molecule has 0 aromatic heterocycles. The summed E-state index contributed by atoms with van der Waals surface area (Å²) in [5, 5.41) is 0. The molecule has 0 unspecified atom stereocenters. The van der Waals surface area contributed by atoms with Crippen molar-refractivity contribution in [3.8, 4) is 11.5 Å². The number of piperidine rings is 1. The molecule has 0 aliphatic carbocycles. The number of nitrogens with zero attached hydrogens (tertiary/aromatic N) is 1. The summed E-state index contributed by atoms with van der Waals surface area (Å²) in [5.74, 6) is 0.0996. The van der Waals surface area contributed by atoms with E-state index in [1.165, 1.54) is 47.8 Å². The Balaban J connectivity index is 1.72. The van der Waals surface area contributed by atoms with E-state index in [2.05, 4.69) is 0 Å². The number of benzene rings is 2. The molecule has 2 aromatic carbocycles. The summed E-state index contributed by atoms with van der Waals surface area (Å²) in [6, 6.07) is 11.9. The van der Waals surface area contributed by atoms with Crippen molar-refractivity contribution in [1.29, 1.82) is 0 Å². The van der Waals surface area contributed by atoms with E-state index in [-0.39, 0.29) is 36.8 Å². The predicted octanol–water partition coefficient (Wildman–Crippen LogP) is 2.56. The fraction of sp³-hybridized carbons (Fsp3) is 0.381. The fourth-order valence-corrected chi connectivity index (χ4v) is 5.10. The number of sulfonamides is 1. The highest BCUT2D eigenvalue weighted by molar-refractivity contribution is 7.89. The van der Waals surface area contributed by atoms with Gasteiger partial charge in [-0.15, -0.1) is 0 Å². The smallest absolute Gasteiger partial charge is 0.243 e. The third kappa shape index (κ3) is 5.09. The Morgan fingerprint density at radius 3 is 2.40 bits per heavy atom. The van der Waals surface area contributed by atoms with Crippen molar-refractivity contribution in [2.45, 2.75) is 24.2 Å². The van der Waals surface area contributed by atoms with Gasteiger partial charge in [-0.3, -0.25) is 4.79 Å². The van der Waals surface area contributed by atoms with Crippen LogP contribution in [0.5, 0.6) is 11.5 Å². The van der Waals surface area contributed by atoms with Gasteiger partial charge in [0, 0.05) is 31.0 Å². The number of methoxy groups -OCH3 is 1. The molecule has 0 radical (unpaired) electrons. The second kappa shape index (κ2) is 9.01. The number of primary amides is 1. The van der Waals surface area contributed by atoms with Crippen LogP contribution in [-0.4, -0.2) is 45.4 Å². The molecule has 1 amide bonds. The number of carbonyl (C=O) groups is 1. The SMILES string of the molecule is COc1cccc(S(=O)(=O)N2CCC(COc3ccc(F)cc3)(CC(N)=O)CC2)c1. The van der Waals surface area contributed by atoms with Crippen molar-refractivity contribution in [2.75, 3.05) is 26.8 Å². The van der Waals surface area contributed by atoms with Crippen LogP contribution < -0.4 is 15.2 Å². The average molecular weight is 437 g/mol. The van der Waals surface area contributed by atoms with E-state index in [1.54, 1.807) is 12.1 Å². The van der Waals surface area contributed by atoms with Gasteiger partial charge in [0.2, 0.25) is 15.9 Å². The maximum absolute atomic E-state index is 13.1. The first-order chi connectivity index (χ1) is 14.2. The monoisotopic (exact) mass is 436 g/mol. The van der Waals surface area contributed by atoms with E-state index in [0.717, 1.165) is 0 Å². The van der Waals surface area contributed by atoms with Crippen LogP contribution in [0.4, 0.5) is 4.39 Å². The van der Waals surface area contributed by atoms with Crippen molar-refractivity contribution in [3.63, 3.8) is 0 Å². The summed E-state index contributed by atoms with van der Waals surface area (Å²) in [6.45, 7) is 0.661. The van der Waals surface area contributed by atoms with E-state index >= 15 is 0 Å². The number of halogens is 1. The molecule has 2 N–H and O–H groups in total. The van der Waals surface area contributed by atoms with Crippen molar-refractivity contribution in [3.05, 3.63) is 54.3 Å². The zero-order valence-electron chi connectivity index (χ0n) is 16.7. The molecule has 0 atom stereocenters. The number of hydrogen-bond donors (Lipinski definition) is 1. The van der Waals surface area contributed by atoms with Crippen LogP contribution in [0.3, 0.4) is 0 Å². The van der Waals surface area contributed by atoms with Gasteiger partial charge in [-0.25, -0.2) is 12.8 Å². The Morgan fingerprint density at radius 1 is 1.13 bits per heavy atom. The number of ether oxygens (including phenoxy) is 2. The lowest BCUT2D eigenvalue weighted by atomic mass is 9.76. The number of rotatable bonds is 8. The summed E-state index contributed by atoms with van der Waals surface area (Å²) >= 11 is 0. The molecule has 7 nitrogen and oxygen atoms in total. The van der Waals surface area contributed by atoms with Gasteiger partial charge >= 0.3 is 0 Å². The Kier molecular flexibility index (Phi) is 6.62. The van der Waals surface area contributed by atoms with Crippen LogP contribution >= 0.6 is 0 Å². The molecule has 1 aliphatic heterocycles. The van der Waals surface area contributed by atoms with Crippen LogP contribution in [0.25, 0.3) is 0 Å². The van der Waals surface area contributed by atoms with E-state index in [4.69, 9.17) is 15.2 Å². The van der Waals surface area contributed by atoms with E-state index < -0.39 is 21.3 Å². The van der Waals surface area contributed by atoms with Crippen molar-refractivity contribution in [1.82, 2.24) is 4.31 Å². The largest absolute Gasteiger partial charge is 0.497 e. The normalized spacial score (nSPS) is 16.7. The van der Waals surface area contributed by atoms with Gasteiger partial charge in [0.1, 0.15) is 17.3 Å². The van der Waals surface area contributed by atoms with Gasteiger partial charge in [-0.1, -0.05) is 6.07 Å². The number of amides is 1. The molecule has 1 heterocycles. The number of carbonyl (C=O) groups excluding carboxylic acids is 1. The number of hydrogen-bond acceptors (Lipinski definition) is 5. The molecule has 30 heavy (non-hydrogen) atoms. The molecule has 0 spiro atoms. The summed E-state index contributed by atoms with van der Waals surface area (Å²) in [5.41, 5.74) is 4.87. The summed E-state index contributed by atoms with van der Waals surface area (Å²) in [6.07, 6.45) is 0.919. The number of nitrogens with two attached hydrogens (primary N) is 1. The fourth-order valence-electron chi connectivity index (χ4n) is 3.62. The first kappa shape index (κ1) is 22.0. The van der Waals surface area contributed by atoms with Gasteiger partial charge in [-0.2, -0.15) is 4.31 Å². The first-order valence-corrected chi connectivity index (χ1v) is 11.0.